The van der Waals surface area contributed by atoms with E-state index in [4.69, 9.17) is 12.2 Å². The standard InChI is InChI=1S/C23H40N2/c1-7-10-14-19-22(20-16(5)12-11-13-17(20)6)23(24)21(15(4)8-2)18(9-3)25-19/h2,9,15-23,25H,3,7,10-14,24H2,1,4-6H3. The maximum Gasteiger partial charge on any atom is 0.0305 e. The molecular formula is C23H40N2. The van der Waals surface area contributed by atoms with Crippen molar-refractivity contribution in [2.75, 3.05) is 0 Å². The Balaban J connectivity index is 2.35. The van der Waals surface area contributed by atoms with E-state index in [1.807, 2.05) is 6.08 Å². The number of piperidine rings is 1. The molecular weight excluding hydrogens is 304 g/mol. The van der Waals surface area contributed by atoms with Gasteiger partial charge in [-0.25, -0.2) is 0 Å². The van der Waals surface area contributed by atoms with Crippen LogP contribution in [0.4, 0.5) is 0 Å². The van der Waals surface area contributed by atoms with E-state index in [9.17, 15) is 0 Å². The van der Waals surface area contributed by atoms with Crippen molar-refractivity contribution < 1.29 is 0 Å². The van der Waals surface area contributed by atoms with Crippen LogP contribution in [-0.4, -0.2) is 18.1 Å². The predicted octanol–water partition coefficient (Wildman–Crippen LogP) is 4.60. The summed E-state index contributed by atoms with van der Waals surface area (Å²) < 4.78 is 0. The molecule has 8 atom stereocenters. The van der Waals surface area contributed by atoms with Crippen molar-refractivity contribution in [2.45, 2.75) is 84.3 Å². The van der Waals surface area contributed by atoms with Crippen molar-refractivity contribution in [1.29, 1.82) is 0 Å². The summed E-state index contributed by atoms with van der Waals surface area (Å²) >= 11 is 0. The van der Waals surface area contributed by atoms with Gasteiger partial charge in [0.2, 0.25) is 0 Å². The Morgan fingerprint density at radius 1 is 1.28 bits per heavy atom. The second kappa shape index (κ2) is 9.24. The second-order valence-electron chi connectivity index (χ2n) is 8.83. The third kappa shape index (κ3) is 4.32. The van der Waals surface area contributed by atoms with Crippen LogP contribution < -0.4 is 11.1 Å². The minimum absolute atomic E-state index is 0.158. The van der Waals surface area contributed by atoms with E-state index in [2.05, 4.69) is 45.5 Å². The smallest absolute Gasteiger partial charge is 0.0305 e. The molecule has 1 heterocycles. The first-order valence-corrected chi connectivity index (χ1v) is 10.6. The summed E-state index contributed by atoms with van der Waals surface area (Å²) in [5.74, 6) is 6.17. The molecule has 0 aromatic carbocycles. The van der Waals surface area contributed by atoms with E-state index < -0.39 is 0 Å². The van der Waals surface area contributed by atoms with Crippen LogP contribution in [0, 0.1) is 47.9 Å². The number of nitrogens with two attached hydrogens (primary N) is 1. The molecule has 0 aromatic rings. The van der Waals surface area contributed by atoms with Crippen LogP contribution >= 0.6 is 0 Å². The highest BCUT2D eigenvalue weighted by Crippen LogP contribution is 2.46. The highest BCUT2D eigenvalue weighted by Gasteiger charge is 2.48. The monoisotopic (exact) mass is 344 g/mol. The van der Waals surface area contributed by atoms with Gasteiger partial charge in [0.05, 0.1) is 0 Å². The molecule has 3 N–H and O–H groups in total. The van der Waals surface area contributed by atoms with E-state index in [-0.39, 0.29) is 23.9 Å². The van der Waals surface area contributed by atoms with E-state index >= 15 is 0 Å². The first kappa shape index (κ1) is 20.5. The quantitative estimate of drug-likeness (QED) is 0.546. The van der Waals surface area contributed by atoms with Crippen molar-refractivity contribution in [1.82, 2.24) is 5.32 Å². The maximum atomic E-state index is 7.00. The molecule has 1 aliphatic carbocycles. The lowest BCUT2D eigenvalue weighted by atomic mass is 9.58. The first-order chi connectivity index (χ1) is 12.0. The lowest BCUT2D eigenvalue weighted by molar-refractivity contribution is 0.0136. The summed E-state index contributed by atoms with van der Waals surface area (Å²) in [6.45, 7) is 13.4. The number of rotatable bonds is 6. The number of hydrogen-bond acceptors (Lipinski definition) is 2. The van der Waals surface area contributed by atoms with Crippen molar-refractivity contribution >= 4 is 0 Å². The van der Waals surface area contributed by atoms with E-state index in [0.29, 0.717) is 17.9 Å². The Bertz CT molecular complexity index is 455. The fourth-order valence-electron chi connectivity index (χ4n) is 5.91. The van der Waals surface area contributed by atoms with E-state index in [1.54, 1.807) is 0 Å². The van der Waals surface area contributed by atoms with Crippen molar-refractivity contribution in [3.63, 3.8) is 0 Å². The summed E-state index contributed by atoms with van der Waals surface area (Å²) in [7, 11) is 0. The van der Waals surface area contributed by atoms with Crippen LogP contribution in [-0.2, 0) is 0 Å². The van der Waals surface area contributed by atoms with Crippen molar-refractivity contribution in [3.8, 4) is 12.3 Å². The minimum Gasteiger partial charge on any atom is -0.327 e. The predicted molar refractivity (Wildman–Crippen MR) is 109 cm³/mol. The fraction of sp³-hybridized carbons (Fsp3) is 0.826. The van der Waals surface area contributed by atoms with Crippen LogP contribution in [0.1, 0.15) is 66.2 Å². The van der Waals surface area contributed by atoms with Gasteiger partial charge in [-0.15, -0.1) is 18.9 Å². The van der Waals surface area contributed by atoms with E-state index in [1.165, 1.54) is 38.5 Å². The van der Waals surface area contributed by atoms with Gasteiger partial charge in [-0.3, -0.25) is 0 Å². The zero-order valence-electron chi connectivity index (χ0n) is 16.9. The molecule has 25 heavy (non-hydrogen) atoms. The molecule has 0 spiro atoms. The van der Waals surface area contributed by atoms with Gasteiger partial charge in [-0.2, -0.15) is 0 Å². The maximum absolute atomic E-state index is 7.00. The number of hydrogen-bond donors (Lipinski definition) is 2. The molecule has 1 saturated heterocycles. The molecule has 2 aliphatic rings. The van der Waals surface area contributed by atoms with Gasteiger partial charge in [0.15, 0.2) is 0 Å². The molecule has 0 bridgehead atoms. The minimum atomic E-state index is 0.158. The normalized spacial score (nSPS) is 43.2. The SMILES string of the molecule is C#CC(C)C1C(C=C)NC(CCCC)C(C2C(C)CCCC2C)C1N. The summed E-state index contributed by atoms with van der Waals surface area (Å²) in [4.78, 5) is 0. The van der Waals surface area contributed by atoms with Crippen LogP contribution in [0.25, 0.3) is 0 Å². The van der Waals surface area contributed by atoms with Gasteiger partial charge >= 0.3 is 0 Å². The molecule has 1 saturated carbocycles. The van der Waals surface area contributed by atoms with Crippen LogP contribution in [0.5, 0.6) is 0 Å². The van der Waals surface area contributed by atoms with Crippen molar-refractivity contribution in [3.05, 3.63) is 12.7 Å². The molecule has 2 rings (SSSR count). The number of nitrogens with one attached hydrogen (secondary N) is 1. The van der Waals surface area contributed by atoms with Gasteiger partial charge in [0, 0.05) is 30.0 Å². The fourth-order valence-corrected chi connectivity index (χ4v) is 5.91. The van der Waals surface area contributed by atoms with Gasteiger partial charge in [-0.05, 0) is 30.1 Å². The molecule has 2 nitrogen and oxygen atoms in total. The highest BCUT2D eigenvalue weighted by molar-refractivity contribution is 5.12. The Hall–Kier alpha value is -0.780. The first-order valence-electron chi connectivity index (χ1n) is 10.6. The zero-order chi connectivity index (χ0) is 18.6. The highest BCUT2D eigenvalue weighted by atomic mass is 15.0. The molecule has 2 fully saturated rings. The van der Waals surface area contributed by atoms with Crippen LogP contribution in [0.15, 0.2) is 12.7 Å². The van der Waals surface area contributed by atoms with Crippen LogP contribution in [0.2, 0.25) is 0 Å². The molecule has 2 heteroatoms. The van der Waals surface area contributed by atoms with E-state index in [0.717, 1.165) is 11.8 Å². The molecule has 1 aliphatic heterocycles. The third-order valence-electron chi connectivity index (χ3n) is 7.22. The van der Waals surface area contributed by atoms with Gasteiger partial charge in [0.25, 0.3) is 0 Å². The van der Waals surface area contributed by atoms with Crippen LogP contribution in [0.3, 0.4) is 0 Å². The third-order valence-corrected chi connectivity index (χ3v) is 7.22. The summed E-state index contributed by atoms with van der Waals surface area (Å²) in [6.07, 6.45) is 15.6. The summed E-state index contributed by atoms with van der Waals surface area (Å²) in [6, 6.07) is 0.880. The molecule has 8 unspecified atom stereocenters. The van der Waals surface area contributed by atoms with Gasteiger partial charge in [0.1, 0.15) is 0 Å². The number of terminal acetylenes is 1. The van der Waals surface area contributed by atoms with Gasteiger partial charge < -0.3 is 11.1 Å². The largest absolute Gasteiger partial charge is 0.327 e. The molecule has 0 radical (unpaired) electrons. The zero-order valence-corrected chi connectivity index (χ0v) is 16.9. The average Bonchev–Trinajstić information content (AvgIpc) is 2.60. The molecule has 0 amide bonds. The Kier molecular flexibility index (Phi) is 7.59. The second-order valence-corrected chi connectivity index (χ2v) is 8.83. The lowest BCUT2D eigenvalue weighted by Crippen LogP contribution is -2.65. The van der Waals surface area contributed by atoms with Gasteiger partial charge in [-0.1, -0.05) is 65.9 Å². The Morgan fingerprint density at radius 3 is 2.44 bits per heavy atom. The summed E-state index contributed by atoms with van der Waals surface area (Å²) in [5.41, 5.74) is 7.00. The number of unbranched alkanes of at least 4 members (excludes halogenated alkanes) is 1. The summed E-state index contributed by atoms with van der Waals surface area (Å²) in [5, 5.41) is 3.93. The molecule has 142 valence electrons. The Labute approximate surface area is 156 Å². The topological polar surface area (TPSA) is 38.0 Å². The Morgan fingerprint density at radius 2 is 1.92 bits per heavy atom. The average molecular weight is 345 g/mol. The molecule has 0 aromatic heterocycles. The van der Waals surface area contributed by atoms with Crippen molar-refractivity contribution in [2.24, 2.45) is 41.2 Å². The lowest BCUT2D eigenvalue weighted by Gasteiger charge is -2.53.